The van der Waals surface area contributed by atoms with E-state index in [-0.39, 0.29) is 16.3 Å². The van der Waals surface area contributed by atoms with Crippen molar-refractivity contribution in [3.05, 3.63) is 105 Å². The minimum atomic E-state index is -4.56. The van der Waals surface area contributed by atoms with Crippen LogP contribution in [0, 0.1) is 0 Å². The largest absolute Gasteiger partial charge is 0.493 e. The van der Waals surface area contributed by atoms with Crippen LogP contribution in [0.15, 0.2) is 78.0 Å². The molecule has 0 spiro atoms. The molecule has 0 aliphatic rings. The third-order valence-electron chi connectivity index (χ3n) is 5.14. The van der Waals surface area contributed by atoms with Gasteiger partial charge >= 0.3 is 6.18 Å². The van der Waals surface area contributed by atoms with E-state index in [4.69, 9.17) is 21.1 Å². The molecular formula is C25H21ClF3N3O3. The van der Waals surface area contributed by atoms with E-state index in [2.05, 4.69) is 5.10 Å². The highest BCUT2D eigenvalue weighted by Gasteiger charge is 2.33. The van der Waals surface area contributed by atoms with Crippen LogP contribution in [0.3, 0.4) is 0 Å². The molecule has 4 aromatic rings. The molecule has 0 saturated heterocycles. The van der Waals surface area contributed by atoms with E-state index in [1.807, 2.05) is 13.2 Å². The van der Waals surface area contributed by atoms with Crippen LogP contribution in [0.2, 0.25) is 5.02 Å². The summed E-state index contributed by atoms with van der Waals surface area (Å²) in [6.45, 7) is 0.771. The van der Waals surface area contributed by atoms with Crippen molar-refractivity contribution in [2.24, 2.45) is 7.05 Å². The molecule has 35 heavy (non-hydrogen) atoms. The Labute approximate surface area is 204 Å². The maximum absolute atomic E-state index is 13.0. The first-order chi connectivity index (χ1) is 16.7. The molecule has 2 aromatic carbocycles. The van der Waals surface area contributed by atoms with E-state index in [0.717, 1.165) is 23.3 Å². The lowest BCUT2D eigenvalue weighted by Crippen LogP contribution is -2.19. The molecule has 0 unspecified atom stereocenters. The molecular weight excluding hydrogens is 483 g/mol. The smallest absolute Gasteiger partial charge is 0.417 e. The number of rotatable bonds is 8. The van der Waals surface area contributed by atoms with Gasteiger partial charge in [-0.2, -0.15) is 18.3 Å². The summed E-state index contributed by atoms with van der Waals surface area (Å²) in [5.41, 5.74) is 0.737. The number of hydrogen-bond acceptors (Lipinski definition) is 4. The quantitative estimate of drug-likeness (QED) is 0.309. The Morgan fingerprint density at radius 1 is 0.971 bits per heavy atom. The second kappa shape index (κ2) is 10.3. The highest BCUT2D eigenvalue weighted by atomic mass is 35.5. The van der Waals surface area contributed by atoms with E-state index >= 15 is 0 Å². The molecule has 0 aliphatic carbocycles. The zero-order chi connectivity index (χ0) is 25.0. The van der Waals surface area contributed by atoms with Gasteiger partial charge in [0.15, 0.2) is 0 Å². The van der Waals surface area contributed by atoms with Crippen molar-refractivity contribution in [1.82, 2.24) is 14.3 Å². The van der Waals surface area contributed by atoms with Gasteiger partial charge in [-0.05, 0) is 42.0 Å². The number of aromatic nitrogens is 3. The van der Waals surface area contributed by atoms with E-state index in [1.54, 1.807) is 52.0 Å². The van der Waals surface area contributed by atoms with Crippen LogP contribution in [-0.2, 0) is 26.2 Å². The maximum Gasteiger partial charge on any atom is 0.417 e. The number of benzene rings is 2. The zero-order valence-corrected chi connectivity index (χ0v) is 19.4. The Hall–Kier alpha value is -3.72. The average molecular weight is 504 g/mol. The fourth-order valence-electron chi connectivity index (χ4n) is 3.39. The summed E-state index contributed by atoms with van der Waals surface area (Å²) in [6.07, 6.45) is 1.24. The fourth-order valence-corrected chi connectivity index (χ4v) is 3.62. The van der Waals surface area contributed by atoms with Gasteiger partial charge in [-0.15, -0.1) is 0 Å². The highest BCUT2D eigenvalue weighted by Crippen LogP contribution is 2.37. The molecule has 4 rings (SSSR count). The van der Waals surface area contributed by atoms with Crippen molar-refractivity contribution >= 4 is 11.6 Å². The third-order valence-corrected chi connectivity index (χ3v) is 5.47. The number of ether oxygens (including phenoxy) is 2. The predicted octanol–water partition coefficient (Wildman–Crippen LogP) is 5.72. The van der Waals surface area contributed by atoms with E-state index in [1.165, 1.54) is 12.1 Å². The van der Waals surface area contributed by atoms with Crippen molar-refractivity contribution in [3.8, 4) is 17.2 Å². The first kappa shape index (κ1) is 24.4. The summed E-state index contributed by atoms with van der Waals surface area (Å²) in [4.78, 5) is 12.3. The molecule has 0 aliphatic heterocycles. The summed E-state index contributed by atoms with van der Waals surface area (Å²) in [7, 11) is 1.82. The molecule has 0 N–H and O–H groups in total. The van der Waals surface area contributed by atoms with Crippen molar-refractivity contribution in [3.63, 3.8) is 0 Å². The highest BCUT2D eigenvalue weighted by molar-refractivity contribution is 6.31. The lowest BCUT2D eigenvalue weighted by Gasteiger charge is -2.12. The second-order valence-electron chi connectivity index (χ2n) is 7.83. The van der Waals surface area contributed by atoms with Crippen LogP contribution in [0.25, 0.3) is 0 Å². The zero-order valence-electron chi connectivity index (χ0n) is 18.6. The number of aryl methyl sites for hydroxylation is 1. The van der Waals surface area contributed by atoms with Gasteiger partial charge in [0.25, 0.3) is 5.56 Å². The van der Waals surface area contributed by atoms with Crippen molar-refractivity contribution in [2.45, 2.75) is 19.1 Å². The minimum absolute atomic E-state index is 0.0380. The number of hydrogen-bond donors (Lipinski definition) is 0. The monoisotopic (exact) mass is 503 g/mol. The van der Waals surface area contributed by atoms with Gasteiger partial charge in [-0.3, -0.25) is 9.48 Å². The Balaban J connectivity index is 1.30. The normalized spacial score (nSPS) is 11.5. The van der Waals surface area contributed by atoms with Gasteiger partial charge in [0.2, 0.25) is 0 Å². The maximum atomic E-state index is 13.0. The van der Waals surface area contributed by atoms with Crippen LogP contribution in [0.4, 0.5) is 13.2 Å². The van der Waals surface area contributed by atoms with Crippen LogP contribution in [0.5, 0.6) is 17.2 Å². The van der Waals surface area contributed by atoms with Gasteiger partial charge in [0.05, 0.1) is 29.9 Å². The Kier molecular flexibility index (Phi) is 7.16. The first-order valence-corrected chi connectivity index (χ1v) is 11.0. The third kappa shape index (κ3) is 6.45. The summed E-state index contributed by atoms with van der Waals surface area (Å²) in [5.74, 6) is 0.902. The SMILES string of the molecule is Cn1cc(Cn2ccc(OCCc3ccc(Oc4ccc(Cl)c(C(F)(F)F)c4)cc3)cc2=O)cn1. The summed E-state index contributed by atoms with van der Waals surface area (Å²) in [5, 5.41) is 3.71. The lowest BCUT2D eigenvalue weighted by atomic mass is 10.1. The van der Waals surface area contributed by atoms with Gasteiger partial charge in [-0.25, -0.2) is 0 Å². The average Bonchev–Trinajstić information content (AvgIpc) is 3.22. The van der Waals surface area contributed by atoms with Gasteiger partial charge in [0.1, 0.15) is 17.2 Å². The van der Waals surface area contributed by atoms with Crippen molar-refractivity contribution < 1.29 is 22.6 Å². The summed E-state index contributed by atoms with van der Waals surface area (Å²) in [6, 6.07) is 13.5. The van der Waals surface area contributed by atoms with Crippen molar-refractivity contribution in [1.29, 1.82) is 0 Å². The molecule has 0 saturated carbocycles. The van der Waals surface area contributed by atoms with Crippen molar-refractivity contribution in [2.75, 3.05) is 6.61 Å². The molecule has 0 amide bonds. The topological polar surface area (TPSA) is 58.3 Å². The van der Waals surface area contributed by atoms with Gasteiger partial charge < -0.3 is 14.0 Å². The van der Waals surface area contributed by atoms with Gasteiger partial charge in [0, 0.05) is 37.5 Å². The van der Waals surface area contributed by atoms with Crippen LogP contribution in [0.1, 0.15) is 16.7 Å². The summed E-state index contributed by atoms with van der Waals surface area (Å²) < 4.78 is 53.5. The summed E-state index contributed by atoms with van der Waals surface area (Å²) >= 11 is 5.64. The first-order valence-electron chi connectivity index (χ1n) is 10.6. The van der Waals surface area contributed by atoms with E-state index in [9.17, 15) is 18.0 Å². The molecule has 182 valence electrons. The number of pyridine rings is 1. The fraction of sp³-hybridized carbons (Fsp3) is 0.200. The Bertz CT molecular complexity index is 1360. The van der Waals surface area contributed by atoms with Crippen LogP contribution in [-0.4, -0.2) is 21.0 Å². The molecule has 0 atom stereocenters. The number of halogens is 4. The Morgan fingerprint density at radius 3 is 2.37 bits per heavy atom. The number of nitrogens with zero attached hydrogens (tertiary/aromatic N) is 3. The molecule has 6 nitrogen and oxygen atoms in total. The second-order valence-corrected chi connectivity index (χ2v) is 8.24. The molecule has 0 radical (unpaired) electrons. The number of alkyl halides is 3. The minimum Gasteiger partial charge on any atom is -0.493 e. The Morgan fingerprint density at radius 2 is 1.71 bits per heavy atom. The van der Waals surface area contributed by atoms with Crippen LogP contribution < -0.4 is 15.0 Å². The molecule has 2 aromatic heterocycles. The molecule has 0 fully saturated rings. The van der Waals surface area contributed by atoms with E-state index < -0.39 is 11.7 Å². The van der Waals surface area contributed by atoms with E-state index in [0.29, 0.717) is 31.1 Å². The predicted molar refractivity (Wildman–Crippen MR) is 125 cm³/mol. The lowest BCUT2D eigenvalue weighted by molar-refractivity contribution is -0.137. The van der Waals surface area contributed by atoms with Gasteiger partial charge in [-0.1, -0.05) is 23.7 Å². The molecule has 0 bridgehead atoms. The molecule has 2 heterocycles. The molecule has 10 heteroatoms. The standard InChI is InChI=1S/C25H21ClF3N3O3/c1-31-15-18(14-30-31)16-32-10-8-20(13-24(32)33)34-11-9-17-2-4-19(5-3-17)35-21-6-7-23(26)22(12-21)25(27,28)29/h2-8,10,12-15H,9,11,16H2,1H3. The van der Waals surface area contributed by atoms with Crippen LogP contribution >= 0.6 is 11.6 Å².